The van der Waals surface area contributed by atoms with E-state index in [-0.39, 0.29) is 0 Å². The molecule has 0 radical (unpaired) electrons. The molecule has 0 saturated carbocycles. The van der Waals surface area contributed by atoms with E-state index in [1.807, 2.05) is 0 Å². The van der Waals surface area contributed by atoms with Crippen LogP contribution in [0.3, 0.4) is 0 Å². The summed E-state index contributed by atoms with van der Waals surface area (Å²) in [6, 6.07) is 25.8. The van der Waals surface area contributed by atoms with Gasteiger partial charge in [-0.2, -0.15) is 0 Å². The van der Waals surface area contributed by atoms with E-state index < -0.39 is 17.2 Å². The van der Waals surface area contributed by atoms with E-state index in [0.717, 1.165) is 150 Å². The lowest BCUT2D eigenvalue weighted by Crippen LogP contribution is -2.13. The maximum atomic E-state index is 7.48. The van der Waals surface area contributed by atoms with E-state index in [0.29, 0.717) is 11.5 Å². The van der Waals surface area contributed by atoms with Crippen LogP contribution in [0.5, 0.6) is 40.2 Å². The van der Waals surface area contributed by atoms with E-state index in [9.17, 15) is 0 Å². The minimum absolute atomic E-state index is 0.683. The van der Waals surface area contributed by atoms with Crippen molar-refractivity contribution in [3.05, 3.63) is 156 Å². The fourth-order valence-electron chi connectivity index (χ4n) is 11.4. The zero-order valence-electron chi connectivity index (χ0n) is 42.0. The zero-order valence-corrected chi connectivity index (χ0v) is 43.8. The lowest BCUT2D eigenvalue weighted by Gasteiger charge is -2.30. The molecule has 0 amide bonds. The molecule has 0 aliphatic heterocycles. The highest BCUT2D eigenvalue weighted by atomic mass is 31.2. The highest BCUT2D eigenvalue weighted by molar-refractivity contribution is 7.43. The second-order valence-corrected chi connectivity index (χ2v) is 21.7. The van der Waals surface area contributed by atoms with Gasteiger partial charge < -0.3 is 31.9 Å². The van der Waals surface area contributed by atoms with Gasteiger partial charge in [-0.25, -0.2) is 0 Å². The molecule has 7 nitrogen and oxygen atoms in total. The van der Waals surface area contributed by atoms with Crippen molar-refractivity contribution < 1.29 is 31.9 Å². The van der Waals surface area contributed by atoms with Gasteiger partial charge in [0.05, 0.1) is 7.11 Å². The summed E-state index contributed by atoms with van der Waals surface area (Å²) >= 11 is 0. The van der Waals surface area contributed by atoms with Gasteiger partial charge in [0.1, 0.15) is 40.2 Å². The van der Waals surface area contributed by atoms with Crippen molar-refractivity contribution in [2.45, 2.75) is 151 Å². The monoisotopic (exact) mass is 962 g/mol. The maximum absolute atomic E-state index is 7.48. The minimum Gasteiger partial charge on any atom is -0.496 e. The molecule has 0 fully saturated rings. The Hall–Kier alpha value is -5.22. The van der Waals surface area contributed by atoms with Gasteiger partial charge in [0.2, 0.25) is 0 Å². The highest BCUT2D eigenvalue weighted by Gasteiger charge is 2.35. The van der Waals surface area contributed by atoms with Crippen LogP contribution in [0.25, 0.3) is 11.1 Å². The van der Waals surface area contributed by atoms with Gasteiger partial charge in [0.15, 0.2) is 0 Å². The second-order valence-electron chi connectivity index (χ2n) is 19.7. The number of hydrogen-bond acceptors (Lipinski definition) is 7. The van der Waals surface area contributed by atoms with E-state index in [1.165, 1.54) is 75.8 Å². The van der Waals surface area contributed by atoms with Crippen molar-refractivity contribution in [3.63, 3.8) is 0 Å². The van der Waals surface area contributed by atoms with Crippen LogP contribution < -0.4 is 31.9 Å². The third-order valence-corrected chi connectivity index (χ3v) is 17.8. The van der Waals surface area contributed by atoms with Gasteiger partial charge in [0.25, 0.3) is 0 Å². The van der Waals surface area contributed by atoms with Crippen molar-refractivity contribution in [1.82, 2.24) is 0 Å². The minimum atomic E-state index is -2.04. The second kappa shape index (κ2) is 20.6. The number of benzene rings is 6. The molecule has 0 saturated heterocycles. The first-order chi connectivity index (χ1) is 33.6. The van der Waals surface area contributed by atoms with Gasteiger partial charge >= 0.3 is 17.2 Å². The van der Waals surface area contributed by atoms with Crippen LogP contribution >= 0.6 is 17.2 Å². The molecule has 0 atom stereocenters. The Morgan fingerprint density at radius 3 is 0.942 bits per heavy atom. The fourth-order valence-corrected chi connectivity index (χ4v) is 13.7. The van der Waals surface area contributed by atoms with Crippen molar-refractivity contribution in [2.24, 2.45) is 0 Å². The van der Waals surface area contributed by atoms with Crippen LogP contribution in [0.4, 0.5) is 0 Å². The molecule has 0 aromatic heterocycles. The molecule has 0 N–H and O–H groups in total. The Morgan fingerprint density at radius 2 is 0.594 bits per heavy atom. The normalized spacial score (nSPS) is 15.2. The van der Waals surface area contributed by atoms with E-state index in [4.69, 9.17) is 31.9 Å². The lowest BCUT2D eigenvalue weighted by atomic mass is 9.85. The molecule has 0 unspecified atom stereocenters. The van der Waals surface area contributed by atoms with Gasteiger partial charge in [-0.15, -0.1) is 0 Å². The fraction of sp³-hybridized carbons (Fsp3) is 0.400. The first-order valence-corrected chi connectivity index (χ1v) is 27.7. The average Bonchev–Trinajstić information content (AvgIpc) is 3.37. The number of hydrogen-bond donors (Lipinski definition) is 0. The SMILES string of the molecule is COc1c(C)c(C)c(OP(Oc2cccc3c2CCCC3)Oc2cccc3c2CCCC3)c(-c2c(C)c(C)c(C)c(C)c2OP(Oc2cccc3c2CCCC3)Oc2cccc3c2CCCC3)c1C. The molecule has 9 heteroatoms. The summed E-state index contributed by atoms with van der Waals surface area (Å²) in [6.07, 6.45) is 17.3. The number of aryl methyl sites for hydroxylation is 4. The predicted molar refractivity (Wildman–Crippen MR) is 282 cm³/mol. The van der Waals surface area contributed by atoms with E-state index in [1.54, 1.807) is 7.11 Å². The molecule has 0 bridgehead atoms. The largest absolute Gasteiger partial charge is 0.530 e. The summed E-state index contributed by atoms with van der Waals surface area (Å²) in [5.74, 6) is 5.52. The molecule has 0 spiro atoms. The van der Waals surface area contributed by atoms with Crippen LogP contribution in [0, 0.1) is 48.5 Å². The van der Waals surface area contributed by atoms with Gasteiger partial charge in [-0.1, -0.05) is 48.5 Å². The molecule has 4 aliphatic carbocycles. The van der Waals surface area contributed by atoms with Crippen molar-refractivity contribution in [3.8, 4) is 51.4 Å². The van der Waals surface area contributed by atoms with Crippen LogP contribution in [-0.4, -0.2) is 7.11 Å². The first kappa shape index (κ1) is 47.5. The van der Waals surface area contributed by atoms with Crippen molar-refractivity contribution >= 4 is 17.2 Å². The lowest BCUT2D eigenvalue weighted by molar-refractivity contribution is 0.377. The van der Waals surface area contributed by atoms with E-state index >= 15 is 0 Å². The summed E-state index contributed by atoms with van der Waals surface area (Å²) in [6.45, 7) is 15.1. The zero-order chi connectivity index (χ0) is 47.8. The summed E-state index contributed by atoms with van der Waals surface area (Å²) in [5, 5.41) is 0. The summed E-state index contributed by atoms with van der Waals surface area (Å²) in [4.78, 5) is 0. The molecule has 4 aliphatic rings. The molecule has 360 valence electrons. The van der Waals surface area contributed by atoms with Gasteiger partial charge in [0, 0.05) is 16.7 Å². The topological polar surface area (TPSA) is 64.6 Å². The quantitative estimate of drug-likeness (QED) is 0.101. The Labute approximate surface area is 413 Å². The number of rotatable bonds is 14. The van der Waals surface area contributed by atoms with Crippen molar-refractivity contribution in [2.75, 3.05) is 7.11 Å². The third-order valence-electron chi connectivity index (χ3n) is 15.7. The number of ether oxygens (including phenoxy) is 1. The Balaban J connectivity index is 1.13. The molecule has 69 heavy (non-hydrogen) atoms. The molecule has 10 rings (SSSR count). The van der Waals surface area contributed by atoms with Crippen LogP contribution in [0.1, 0.15) is 135 Å². The average molecular weight is 963 g/mol. The highest BCUT2D eigenvalue weighted by Crippen LogP contribution is 2.57. The summed E-state index contributed by atoms with van der Waals surface area (Å²) in [7, 11) is -2.32. The molecular weight excluding hydrogens is 895 g/mol. The Bertz CT molecular complexity index is 2780. The molecule has 0 heterocycles. The predicted octanol–water partition coefficient (Wildman–Crippen LogP) is 16.6. The Kier molecular flexibility index (Phi) is 14.2. The first-order valence-electron chi connectivity index (χ1n) is 25.5. The van der Waals surface area contributed by atoms with Crippen LogP contribution in [0.15, 0.2) is 72.8 Å². The van der Waals surface area contributed by atoms with Crippen molar-refractivity contribution in [1.29, 1.82) is 0 Å². The number of methoxy groups -OCH3 is 1. The molecular formula is C60H68O7P2. The van der Waals surface area contributed by atoms with Crippen LogP contribution in [-0.2, 0) is 51.4 Å². The summed E-state index contributed by atoms with van der Waals surface area (Å²) in [5.41, 5.74) is 19.5. The Morgan fingerprint density at radius 1 is 0.304 bits per heavy atom. The van der Waals surface area contributed by atoms with Gasteiger partial charge in [-0.05, 0) is 253 Å². The van der Waals surface area contributed by atoms with Crippen LogP contribution in [0.2, 0.25) is 0 Å². The number of fused-ring (bicyclic) bond motifs is 4. The van der Waals surface area contributed by atoms with E-state index in [2.05, 4.69) is 121 Å². The maximum Gasteiger partial charge on any atom is 0.530 e. The van der Waals surface area contributed by atoms with Gasteiger partial charge in [-0.3, -0.25) is 0 Å². The molecule has 6 aromatic rings. The third kappa shape index (κ3) is 9.44. The summed E-state index contributed by atoms with van der Waals surface area (Å²) < 4.78 is 49.8. The smallest absolute Gasteiger partial charge is 0.496 e. The standard InChI is InChI=1S/C60H68O7P2/c1-37-38(2)40(4)59(66-68(62-52-33-17-25-44-21-9-13-29-48(44)52)63-53-34-18-26-45-22-10-14-30-49(45)53)56(39(37)3)57-43(7)58(61-8)41(5)42(6)60(57)67-69(64-54-35-19-27-46-23-11-15-31-50(46)54)65-55-36-20-28-47-24-12-16-32-51(47)55/h17-20,25-28,33-36H,9-16,21-24,29-32H2,1-8H3. The molecule has 6 aromatic carbocycles.